The van der Waals surface area contributed by atoms with Gasteiger partial charge in [-0.3, -0.25) is 4.79 Å². The van der Waals surface area contributed by atoms with Gasteiger partial charge in [-0.25, -0.2) is 14.4 Å². The van der Waals surface area contributed by atoms with Crippen molar-refractivity contribution in [1.82, 2.24) is 15.3 Å². The lowest BCUT2D eigenvalue weighted by Crippen LogP contribution is -2.26. The zero-order chi connectivity index (χ0) is 19.8. The first-order valence-corrected chi connectivity index (χ1v) is 9.31. The SMILES string of the molecule is O=C(NCCc1ccc(Cl)cc1)c1cc(NCCc2ccccc2F)ncn1. The molecule has 5 nitrogen and oxygen atoms in total. The minimum atomic E-state index is -0.270. The van der Waals surface area contributed by atoms with E-state index in [9.17, 15) is 9.18 Å². The number of nitrogens with one attached hydrogen (secondary N) is 2. The van der Waals surface area contributed by atoms with E-state index in [1.165, 1.54) is 12.4 Å². The Morgan fingerprint density at radius 2 is 1.79 bits per heavy atom. The van der Waals surface area contributed by atoms with Crippen molar-refractivity contribution in [3.05, 3.63) is 88.6 Å². The molecule has 1 aromatic heterocycles. The zero-order valence-corrected chi connectivity index (χ0v) is 15.9. The lowest BCUT2D eigenvalue weighted by molar-refractivity contribution is 0.0949. The van der Waals surface area contributed by atoms with Gasteiger partial charge in [0.05, 0.1) is 0 Å². The van der Waals surface area contributed by atoms with Crippen molar-refractivity contribution in [2.75, 3.05) is 18.4 Å². The van der Waals surface area contributed by atoms with Gasteiger partial charge < -0.3 is 10.6 Å². The molecule has 0 aliphatic rings. The summed E-state index contributed by atoms with van der Waals surface area (Å²) in [5, 5.41) is 6.62. The minimum absolute atomic E-state index is 0.229. The monoisotopic (exact) mass is 398 g/mol. The molecule has 1 amide bonds. The van der Waals surface area contributed by atoms with Crippen molar-refractivity contribution in [2.24, 2.45) is 0 Å². The second-order valence-electron chi connectivity index (χ2n) is 6.19. The van der Waals surface area contributed by atoms with Gasteiger partial charge in [0, 0.05) is 24.2 Å². The molecule has 0 unspecified atom stereocenters. The third-order valence-corrected chi connectivity index (χ3v) is 4.42. The molecule has 2 aromatic carbocycles. The van der Waals surface area contributed by atoms with Crippen molar-refractivity contribution >= 4 is 23.3 Å². The highest BCUT2D eigenvalue weighted by atomic mass is 35.5. The molecule has 7 heteroatoms. The Morgan fingerprint density at radius 1 is 1.00 bits per heavy atom. The summed E-state index contributed by atoms with van der Waals surface area (Å²) in [5.74, 6) is 0.0236. The lowest BCUT2D eigenvalue weighted by Gasteiger charge is -2.08. The van der Waals surface area contributed by atoms with Gasteiger partial charge in [-0.05, 0) is 42.2 Å². The predicted molar refractivity (Wildman–Crippen MR) is 108 cm³/mol. The fourth-order valence-electron chi connectivity index (χ4n) is 2.67. The molecule has 0 aliphatic heterocycles. The van der Waals surface area contributed by atoms with Crippen molar-refractivity contribution in [1.29, 1.82) is 0 Å². The highest BCUT2D eigenvalue weighted by Crippen LogP contribution is 2.10. The van der Waals surface area contributed by atoms with Crippen LogP contribution in [-0.4, -0.2) is 29.0 Å². The molecule has 0 bridgehead atoms. The number of benzene rings is 2. The van der Waals surface area contributed by atoms with Gasteiger partial charge in [0.1, 0.15) is 23.7 Å². The molecule has 0 radical (unpaired) electrons. The van der Waals surface area contributed by atoms with E-state index < -0.39 is 0 Å². The number of carbonyl (C=O) groups excluding carboxylic acids is 1. The molecule has 3 rings (SSSR count). The van der Waals surface area contributed by atoms with Crippen molar-refractivity contribution in [2.45, 2.75) is 12.8 Å². The van der Waals surface area contributed by atoms with E-state index in [0.29, 0.717) is 42.3 Å². The summed E-state index contributed by atoms with van der Waals surface area (Å²) in [4.78, 5) is 20.4. The number of hydrogen-bond donors (Lipinski definition) is 2. The smallest absolute Gasteiger partial charge is 0.270 e. The highest BCUT2D eigenvalue weighted by Gasteiger charge is 2.08. The molecule has 2 N–H and O–H groups in total. The van der Waals surface area contributed by atoms with Gasteiger partial charge in [0.2, 0.25) is 0 Å². The number of nitrogens with zero attached hydrogens (tertiary/aromatic N) is 2. The molecule has 0 atom stereocenters. The first-order chi connectivity index (χ1) is 13.6. The number of rotatable bonds is 8. The number of anilines is 1. The molecule has 0 saturated heterocycles. The van der Waals surface area contributed by atoms with Gasteiger partial charge >= 0.3 is 0 Å². The van der Waals surface area contributed by atoms with Crippen molar-refractivity contribution < 1.29 is 9.18 Å². The third-order valence-electron chi connectivity index (χ3n) is 4.17. The predicted octanol–water partition coefficient (Wildman–Crippen LogP) is 3.90. The second-order valence-corrected chi connectivity index (χ2v) is 6.63. The number of hydrogen-bond acceptors (Lipinski definition) is 4. The molecule has 144 valence electrons. The van der Waals surface area contributed by atoms with Crippen LogP contribution in [0.1, 0.15) is 21.6 Å². The number of carbonyl (C=O) groups is 1. The standard InChI is InChI=1S/C21H20ClFN4O/c22-17-7-5-15(6-8-17)9-11-25-21(28)19-13-20(27-14-26-19)24-12-10-16-3-1-2-4-18(16)23/h1-8,13-14H,9-12H2,(H,25,28)(H,24,26,27). The van der Waals surface area contributed by atoms with Crippen LogP contribution in [-0.2, 0) is 12.8 Å². The van der Waals surface area contributed by atoms with Crippen molar-refractivity contribution in [3.63, 3.8) is 0 Å². The zero-order valence-electron chi connectivity index (χ0n) is 15.2. The lowest BCUT2D eigenvalue weighted by atomic mass is 10.1. The summed E-state index contributed by atoms with van der Waals surface area (Å²) in [6.45, 7) is 0.982. The topological polar surface area (TPSA) is 66.9 Å². The molecule has 0 aliphatic carbocycles. The maximum absolute atomic E-state index is 13.6. The summed E-state index contributed by atoms with van der Waals surface area (Å²) in [7, 11) is 0. The number of aromatic nitrogens is 2. The fraction of sp³-hybridized carbons (Fsp3) is 0.190. The van der Waals surface area contributed by atoms with E-state index in [4.69, 9.17) is 11.6 Å². The molecule has 0 spiro atoms. The third kappa shape index (κ3) is 5.76. The van der Waals surface area contributed by atoms with Crippen LogP contribution in [0.2, 0.25) is 5.02 Å². The summed E-state index contributed by atoms with van der Waals surface area (Å²) in [6.07, 6.45) is 2.54. The van der Waals surface area contributed by atoms with E-state index in [0.717, 1.165) is 5.56 Å². The summed E-state index contributed by atoms with van der Waals surface area (Å²) in [6, 6.07) is 15.7. The largest absolute Gasteiger partial charge is 0.370 e. The highest BCUT2D eigenvalue weighted by molar-refractivity contribution is 6.30. The van der Waals surface area contributed by atoms with Crippen molar-refractivity contribution in [3.8, 4) is 0 Å². The van der Waals surface area contributed by atoms with Crippen LogP contribution in [0, 0.1) is 5.82 Å². The fourth-order valence-corrected chi connectivity index (χ4v) is 2.79. The Kier molecular flexibility index (Phi) is 6.92. The van der Waals surface area contributed by atoms with Crippen LogP contribution in [0.3, 0.4) is 0 Å². The van der Waals surface area contributed by atoms with Crippen LogP contribution < -0.4 is 10.6 Å². The van der Waals surface area contributed by atoms with E-state index in [2.05, 4.69) is 20.6 Å². The molecule has 0 fully saturated rings. The first-order valence-electron chi connectivity index (χ1n) is 8.94. The molecule has 1 heterocycles. The Morgan fingerprint density at radius 3 is 2.57 bits per heavy atom. The Balaban J connectivity index is 1.48. The van der Waals surface area contributed by atoms with Gasteiger partial charge in [-0.1, -0.05) is 41.9 Å². The quantitative estimate of drug-likeness (QED) is 0.604. The molecule has 3 aromatic rings. The maximum Gasteiger partial charge on any atom is 0.270 e. The van der Waals surface area contributed by atoms with Crippen LogP contribution in [0.4, 0.5) is 10.2 Å². The minimum Gasteiger partial charge on any atom is -0.370 e. The van der Waals surface area contributed by atoms with E-state index >= 15 is 0 Å². The van der Waals surface area contributed by atoms with Gasteiger partial charge in [-0.15, -0.1) is 0 Å². The number of amides is 1. The van der Waals surface area contributed by atoms with E-state index in [-0.39, 0.29) is 17.4 Å². The van der Waals surface area contributed by atoms with Gasteiger partial charge in [-0.2, -0.15) is 0 Å². The average molecular weight is 399 g/mol. The van der Waals surface area contributed by atoms with E-state index in [1.54, 1.807) is 24.3 Å². The maximum atomic E-state index is 13.6. The summed E-state index contributed by atoms with van der Waals surface area (Å²) in [5.41, 5.74) is 1.99. The number of halogens is 2. The Labute approximate surface area is 168 Å². The van der Waals surface area contributed by atoms with E-state index in [1.807, 2.05) is 24.3 Å². The molecular formula is C21H20ClFN4O. The summed E-state index contributed by atoms with van der Waals surface area (Å²) >= 11 is 5.86. The average Bonchev–Trinajstić information content (AvgIpc) is 2.71. The molecule has 28 heavy (non-hydrogen) atoms. The first kappa shape index (κ1) is 19.8. The normalized spacial score (nSPS) is 10.5. The van der Waals surface area contributed by atoms with Crippen LogP contribution in [0.25, 0.3) is 0 Å². The van der Waals surface area contributed by atoms with Gasteiger partial charge in [0.15, 0.2) is 0 Å². The molecular weight excluding hydrogens is 379 g/mol. The van der Waals surface area contributed by atoms with Crippen LogP contribution >= 0.6 is 11.6 Å². The Bertz CT molecular complexity index is 934. The second kappa shape index (κ2) is 9.80. The Hall–Kier alpha value is -2.99. The van der Waals surface area contributed by atoms with Gasteiger partial charge in [0.25, 0.3) is 5.91 Å². The molecule has 0 saturated carbocycles. The van der Waals surface area contributed by atoms with Crippen LogP contribution in [0.15, 0.2) is 60.9 Å². The van der Waals surface area contributed by atoms with Crippen LogP contribution in [0.5, 0.6) is 0 Å². The summed E-state index contributed by atoms with van der Waals surface area (Å²) < 4.78 is 13.6.